The molecule has 0 radical (unpaired) electrons. The van der Waals surface area contributed by atoms with Gasteiger partial charge in [-0.25, -0.2) is 0 Å². The first-order valence-electron chi connectivity index (χ1n) is 14.6. The number of aromatic nitrogens is 1. The maximum absolute atomic E-state index is 6.42. The Balaban J connectivity index is 1.40. The van der Waals surface area contributed by atoms with E-state index in [1.807, 2.05) is 6.07 Å². The minimum Gasteiger partial charge on any atom is -0.456 e. The minimum atomic E-state index is -0.157. The third-order valence-electron chi connectivity index (χ3n) is 9.30. The van der Waals surface area contributed by atoms with E-state index in [9.17, 15) is 0 Å². The molecule has 0 aliphatic heterocycles. The summed E-state index contributed by atoms with van der Waals surface area (Å²) in [5, 5.41) is 6.07. The highest BCUT2D eigenvalue weighted by Crippen LogP contribution is 2.53. The van der Waals surface area contributed by atoms with Crippen molar-refractivity contribution in [2.24, 2.45) is 0 Å². The zero-order valence-corrected chi connectivity index (χ0v) is 23.6. The van der Waals surface area contributed by atoms with Gasteiger partial charge >= 0.3 is 0 Å². The van der Waals surface area contributed by atoms with Gasteiger partial charge in [0.05, 0.1) is 5.56 Å². The zero-order chi connectivity index (χ0) is 28.0. The van der Waals surface area contributed by atoms with Crippen molar-refractivity contribution in [1.82, 2.24) is 4.68 Å². The molecule has 0 bridgehead atoms. The summed E-state index contributed by atoms with van der Waals surface area (Å²) >= 11 is 0. The Kier molecular flexibility index (Phi) is 4.74. The van der Waals surface area contributed by atoms with E-state index in [1.54, 1.807) is 0 Å². The van der Waals surface area contributed by atoms with Crippen LogP contribution in [0.15, 0.2) is 138 Å². The second-order valence-corrected chi connectivity index (χ2v) is 11.9. The van der Waals surface area contributed by atoms with Crippen LogP contribution in [0.25, 0.3) is 54.9 Å². The van der Waals surface area contributed by atoms with Crippen molar-refractivity contribution in [2.75, 3.05) is 0 Å². The summed E-state index contributed by atoms with van der Waals surface area (Å²) in [4.78, 5) is 0. The quantitative estimate of drug-likeness (QED) is 0.237. The predicted octanol–water partition coefficient (Wildman–Crippen LogP) is 9.31. The molecule has 1 atom stereocenters. The molecule has 0 amide bonds. The van der Waals surface area contributed by atoms with Crippen LogP contribution in [-0.2, 0) is 5.41 Å². The van der Waals surface area contributed by atoms with Crippen molar-refractivity contribution in [3.8, 4) is 11.1 Å². The third kappa shape index (κ3) is 3.09. The number of furan rings is 1. The van der Waals surface area contributed by atoms with Crippen LogP contribution >= 0.6 is 0 Å². The van der Waals surface area contributed by atoms with E-state index in [4.69, 9.17) is 4.42 Å². The van der Waals surface area contributed by atoms with Gasteiger partial charge < -0.3 is 4.42 Å². The first-order valence-corrected chi connectivity index (χ1v) is 14.6. The number of nitrogens with zero attached hydrogens (tertiary/aromatic N) is 1. The molecule has 1 unspecified atom stereocenters. The lowest BCUT2D eigenvalue weighted by atomic mass is 9.82. The summed E-state index contributed by atoms with van der Waals surface area (Å²) in [6.45, 7) is 4.72. The lowest BCUT2D eigenvalue weighted by Crippen LogP contribution is -3.05. The van der Waals surface area contributed by atoms with Crippen molar-refractivity contribution >= 4 is 55.1 Å². The molecular weight excluding hydrogens is 512 g/mol. The van der Waals surface area contributed by atoms with Crippen LogP contribution < -0.4 is 5.01 Å². The molecule has 0 saturated carbocycles. The summed E-state index contributed by atoms with van der Waals surface area (Å²) in [6.07, 6.45) is 0. The number of benzene rings is 6. The molecule has 1 aliphatic carbocycles. The van der Waals surface area contributed by atoms with Gasteiger partial charge in [-0.3, -0.25) is 0 Å². The SMILES string of the molecule is CC1(C)c2cc3c(cc2-c2c([NH+](c4ccccc4)n4c5ccccc5c5ccccc54)cccc21)oc1ccccc13. The summed E-state index contributed by atoms with van der Waals surface area (Å²) in [5.41, 5.74) is 11.8. The van der Waals surface area contributed by atoms with E-state index >= 15 is 0 Å². The third-order valence-corrected chi connectivity index (χ3v) is 9.30. The van der Waals surface area contributed by atoms with Crippen molar-refractivity contribution in [1.29, 1.82) is 0 Å². The molecule has 2 aromatic heterocycles. The maximum atomic E-state index is 6.42. The molecule has 3 heteroatoms. The summed E-state index contributed by atoms with van der Waals surface area (Å²) in [5.74, 6) is 0. The maximum Gasteiger partial charge on any atom is 0.169 e. The van der Waals surface area contributed by atoms with Gasteiger partial charge in [0, 0.05) is 45.2 Å². The van der Waals surface area contributed by atoms with Crippen LogP contribution in [0.3, 0.4) is 0 Å². The molecule has 200 valence electrons. The highest BCUT2D eigenvalue weighted by Gasteiger charge is 2.41. The van der Waals surface area contributed by atoms with Crippen LogP contribution in [0, 0.1) is 0 Å². The average molecular weight is 542 g/mol. The second-order valence-electron chi connectivity index (χ2n) is 11.9. The molecule has 42 heavy (non-hydrogen) atoms. The zero-order valence-electron chi connectivity index (χ0n) is 23.6. The average Bonchev–Trinajstić information content (AvgIpc) is 3.63. The highest BCUT2D eigenvalue weighted by molar-refractivity contribution is 6.09. The predicted molar refractivity (Wildman–Crippen MR) is 173 cm³/mol. The Morgan fingerprint density at radius 3 is 1.93 bits per heavy atom. The fraction of sp³-hybridized carbons (Fsp3) is 0.0769. The standard InChI is InChI=1S/C39H28N2O/c1-39(2)31-18-12-21-35(38(31)30-24-37-29(23-32(30)39)28-17-8-11-22-36(28)42-37)40(25-13-4-3-5-14-25)41-33-19-9-6-15-26(33)27-16-7-10-20-34(27)41/h3-24H,1-2H3/p+1. The molecule has 8 aromatic rings. The first-order chi connectivity index (χ1) is 20.6. The van der Waals surface area contributed by atoms with Gasteiger partial charge in [-0.15, -0.1) is 0 Å². The Morgan fingerprint density at radius 2 is 1.19 bits per heavy atom. The Bertz CT molecular complexity index is 2290. The van der Waals surface area contributed by atoms with Crippen LogP contribution in [-0.4, -0.2) is 4.68 Å². The number of hydrogen-bond acceptors (Lipinski definition) is 1. The molecule has 0 saturated heterocycles. The van der Waals surface area contributed by atoms with Gasteiger partial charge in [0.1, 0.15) is 22.2 Å². The number of nitrogens with one attached hydrogen (secondary N) is 1. The summed E-state index contributed by atoms with van der Waals surface area (Å²) in [6, 6.07) is 48.3. The smallest absolute Gasteiger partial charge is 0.169 e. The monoisotopic (exact) mass is 541 g/mol. The minimum absolute atomic E-state index is 0.157. The van der Waals surface area contributed by atoms with E-state index in [0.29, 0.717) is 0 Å². The van der Waals surface area contributed by atoms with E-state index in [2.05, 4.69) is 146 Å². The topological polar surface area (TPSA) is 22.5 Å². The normalized spacial score (nSPS) is 14.5. The summed E-state index contributed by atoms with van der Waals surface area (Å²) in [7, 11) is 0. The number of quaternary nitrogens is 1. The fourth-order valence-electron chi connectivity index (χ4n) is 7.37. The fourth-order valence-corrected chi connectivity index (χ4v) is 7.37. The van der Waals surface area contributed by atoms with Gasteiger partial charge in [0.15, 0.2) is 11.4 Å². The van der Waals surface area contributed by atoms with E-state index in [1.165, 1.54) is 71.2 Å². The lowest BCUT2D eigenvalue weighted by molar-refractivity contribution is -0.805. The van der Waals surface area contributed by atoms with Crippen molar-refractivity contribution in [2.45, 2.75) is 19.3 Å². The number of fused-ring (bicyclic) bond motifs is 9. The molecule has 9 rings (SSSR count). The van der Waals surface area contributed by atoms with E-state index < -0.39 is 0 Å². The number of rotatable bonds is 3. The molecule has 1 N–H and O–H groups in total. The Labute approximate surface area is 243 Å². The van der Waals surface area contributed by atoms with Crippen LogP contribution in [0.1, 0.15) is 25.0 Å². The molecule has 6 aromatic carbocycles. The first kappa shape index (κ1) is 23.6. The Morgan fingerprint density at radius 1 is 0.548 bits per heavy atom. The molecule has 0 fully saturated rings. The summed E-state index contributed by atoms with van der Waals surface area (Å²) < 4.78 is 8.89. The van der Waals surface area contributed by atoms with Crippen molar-refractivity contribution in [3.05, 3.63) is 145 Å². The molecule has 1 aliphatic rings. The van der Waals surface area contributed by atoms with Crippen molar-refractivity contribution < 1.29 is 9.43 Å². The molecule has 2 heterocycles. The van der Waals surface area contributed by atoms with Gasteiger partial charge in [-0.1, -0.05) is 98.8 Å². The van der Waals surface area contributed by atoms with Crippen LogP contribution in [0.2, 0.25) is 0 Å². The number of para-hydroxylation sites is 4. The van der Waals surface area contributed by atoms with Gasteiger partial charge in [-0.2, -0.15) is 9.69 Å². The molecule has 3 nitrogen and oxygen atoms in total. The van der Waals surface area contributed by atoms with Gasteiger partial charge in [-0.05, 0) is 47.0 Å². The Hall–Kier alpha value is -5.12. The van der Waals surface area contributed by atoms with E-state index in [-0.39, 0.29) is 5.41 Å². The van der Waals surface area contributed by atoms with Crippen LogP contribution in [0.4, 0.5) is 11.4 Å². The molecular formula is C39H29N2O+. The molecule has 0 spiro atoms. The largest absolute Gasteiger partial charge is 0.456 e. The van der Waals surface area contributed by atoms with Gasteiger partial charge in [0.25, 0.3) is 0 Å². The van der Waals surface area contributed by atoms with Crippen molar-refractivity contribution in [3.63, 3.8) is 0 Å². The van der Waals surface area contributed by atoms with Crippen LogP contribution in [0.5, 0.6) is 0 Å². The van der Waals surface area contributed by atoms with E-state index in [0.717, 1.165) is 11.2 Å². The highest BCUT2D eigenvalue weighted by atomic mass is 16.3. The lowest BCUT2D eigenvalue weighted by Gasteiger charge is -2.25. The second kappa shape index (κ2) is 8.45. The van der Waals surface area contributed by atoms with Gasteiger partial charge in [0.2, 0.25) is 0 Å². The number of hydrogen-bond donors (Lipinski definition) is 1.